The number of nitrogens with zero attached hydrogens (tertiary/aromatic N) is 4. The van der Waals surface area contributed by atoms with Crippen molar-refractivity contribution in [2.24, 2.45) is 22.4 Å². The van der Waals surface area contributed by atoms with E-state index >= 15 is 0 Å². The van der Waals surface area contributed by atoms with E-state index < -0.39 is 23.9 Å². The summed E-state index contributed by atoms with van der Waals surface area (Å²) in [6.07, 6.45) is 3.33. The van der Waals surface area contributed by atoms with Gasteiger partial charge in [0.2, 0.25) is 5.91 Å². The first kappa shape index (κ1) is 41.1. The van der Waals surface area contributed by atoms with Crippen LogP contribution in [0.4, 0.5) is 5.69 Å². The van der Waals surface area contributed by atoms with Crippen molar-refractivity contribution in [2.75, 3.05) is 71.3 Å². The first-order chi connectivity index (χ1) is 23.2. The molecule has 0 bridgehead atoms. The van der Waals surface area contributed by atoms with Crippen LogP contribution in [0.5, 0.6) is 0 Å². The van der Waals surface area contributed by atoms with E-state index in [0.29, 0.717) is 83.0 Å². The minimum atomic E-state index is -1.08. The summed E-state index contributed by atoms with van der Waals surface area (Å²) in [7, 11) is 1.98. The van der Waals surface area contributed by atoms with Gasteiger partial charge in [-0.3, -0.25) is 29.2 Å². The maximum Gasteiger partial charge on any atom is 0.326 e. The number of nitrogens with two attached hydrogens (primary N) is 2. The summed E-state index contributed by atoms with van der Waals surface area (Å²) in [6, 6.07) is 6.89. The molecule has 1 aromatic rings. The predicted molar refractivity (Wildman–Crippen MR) is 191 cm³/mol. The summed E-state index contributed by atoms with van der Waals surface area (Å²) in [5.41, 5.74) is 12.5. The van der Waals surface area contributed by atoms with Crippen LogP contribution in [0.25, 0.3) is 0 Å². The molecule has 0 aromatic heterocycles. The number of amides is 1. The summed E-state index contributed by atoms with van der Waals surface area (Å²) < 4.78 is 0. The third-order valence-electron chi connectivity index (χ3n) is 8.35. The lowest BCUT2D eigenvalue weighted by Crippen LogP contribution is -2.45. The van der Waals surface area contributed by atoms with Gasteiger partial charge in [-0.1, -0.05) is 19.1 Å². The molecule has 0 radical (unpaired) electrons. The van der Waals surface area contributed by atoms with Crippen LogP contribution in [-0.2, 0) is 25.6 Å². The molecular formula is C32H53N9O7S. The zero-order valence-corrected chi connectivity index (χ0v) is 29.3. The van der Waals surface area contributed by atoms with Gasteiger partial charge in [0.25, 0.3) is 0 Å². The Hall–Kier alpha value is -4.06. The number of likely N-dealkylation sites (N-methyl/N-ethyl adjacent to an activating group) is 1. The number of thiocarbonyl (C=S) groups is 1. The number of carboxylic acids is 3. The molecule has 1 fully saturated rings. The van der Waals surface area contributed by atoms with Crippen LogP contribution in [0, 0.1) is 5.92 Å². The SMILES string of the molecule is C[C@@H](CCCN=C(N)N)C(=O)N[C@@H](CCCCNC(=S)Nc1ccc(CC2CN(CC(=O)O)CCN(CC(=O)O)CCN2C)cc1)C(=O)O. The highest BCUT2D eigenvalue weighted by atomic mass is 32.1. The Morgan fingerprint density at radius 3 is 2.20 bits per heavy atom. The summed E-state index contributed by atoms with van der Waals surface area (Å²) in [5, 5.41) is 37.6. The number of hydrogen-bond donors (Lipinski definition) is 8. The van der Waals surface area contributed by atoms with Crippen LogP contribution in [0.1, 0.15) is 44.6 Å². The van der Waals surface area contributed by atoms with Crippen molar-refractivity contribution in [3.8, 4) is 0 Å². The predicted octanol–water partition coefficient (Wildman–Crippen LogP) is 0.0321. The number of rotatable bonds is 19. The van der Waals surface area contributed by atoms with Gasteiger partial charge in [-0.25, -0.2) is 4.79 Å². The fraction of sp³-hybridized carbons (Fsp3) is 0.625. The van der Waals surface area contributed by atoms with Gasteiger partial charge in [0.05, 0.1) is 13.1 Å². The van der Waals surface area contributed by atoms with Gasteiger partial charge in [0.1, 0.15) is 6.04 Å². The van der Waals surface area contributed by atoms with E-state index in [2.05, 4.69) is 25.8 Å². The molecule has 0 spiro atoms. The summed E-state index contributed by atoms with van der Waals surface area (Å²) >= 11 is 5.43. The van der Waals surface area contributed by atoms with Crippen molar-refractivity contribution in [3.63, 3.8) is 0 Å². The number of unbranched alkanes of at least 4 members (excludes halogenated alkanes) is 1. The molecule has 16 nitrogen and oxygen atoms in total. The van der Waals surface area contributed by atoms with Crippen molar-refractivity contribution in [1.29, 1.82) is 0 Å². The Kier molecular flexibility index (Phi) is 18.3. The molecule has 2 rings (SSSR count). The number of carbonyl (C=O) groups excluding carboxylic acids is 1. The maximum atomic E-state index is 12.5. The van der Waals surface area contributed by atoms with Gasteiger partial charge >= 0.3 is 17.9 Å². The Labute approximate surface area is 293 Å². The van der Waals surface area contributed by atoms with Gasteiger partial charge in [-0.15, -0.1) is 0 Å². The Bertz CT molecular complexity index is 1260. The molecule has 1 heterocycles. The number of carboxylic acid groups (broad SMARTS) is 3. The molecule has 17 heteroatoms. The zero-order chi connectivity index (χ0) is 36.3. The molecule has 274 valence electrons. The lowest BCUT2D eigenvalue weighted by Gasteiger charge is -2.31. The molecule has 3 atom stereocenters. The number of benzene rings is 1. The first-order valence-corrected chi connectivity index (χ1v) is 16.9. The Morgan fingerprint density at radius 1 is 0.939 bits per heavy atom. The Morgan fingerprint density at radius 2 is 1.57 bits per heavy atom. The molecule has 10 N–H and O–H groups in total. The number of anilines is 1. The van der Waals surface area contributed by atoms with E-state index in [1.165, 1.54) is 0 Å². The molecule has 0 saturated carbocycles. The number of aliphatic carboxylic acids is 3. The van der Waals surface area contributed by atoms with Crippen LogP contribution >= 0.6 is 12.2 Å². The van der Waals surface area contributed by atoms with Gasteiger partial charge in [0, 0.05) is 63.5 Å². The largest absolute Gasteiger partial charge is 0.480 e. The molecule has 1 unspecified atom stereocenters. The summed E-state index contributed by atoms with van der Waals surface area (Å²) in [6.45, 7) is 5.21. The number of nitrogens with one attached hydrogen (secondary N) is 3. The highest BCUT2D eigenvalue weighted by Gasteiger charge is 2.25. The average molecular weight is 708 g/mol. The third kappa shape index (κ3) is 17.2. The van der Waals surface area contributed by atoms with Crippen molar-refractivity contribution in [1.82, 2.24) is 25.3 Å². The second kappa shape index (κ2) is 21.8. The molecule has 1 saturated heterocycles. The monoisotopic (exact) mass is 707 g/mol. The quantitative estimate of drug-likeness (QED) is 0.0410. The van der Waals surface area contributed by atoms with Gasteiger partial charge in [0.15, 0.2) is 11.1 Å². The number of carbonyl (C=O) groups is 4. The van der Waals surface area contributed by atoms with E-state index in [1.807, 2.05) is 41.1 Å². The van der Waals surface area contributed by atoms with E-state index in [-0.39, 0.29) is 43.3 Å². The lowest BCUT2D eigenvalue weighted by atomic mass is 10.0. The van der Waals surface area contributed by atoms with E-state index in [1.54, 1.807) is 6.92 Å². The smallest absolute Gasteiger partial charge is 0.326 e. The summed E-state index contributed by atoms with van der Waals surface area (Å²) in [4.78, 5) is 56.7. The molecular weight excluding hydrogens is 654 g/mol. The van der Waals surface area contributed by atoms with E-state index in [0.717, 1.165) is 11.3 Å². The van der Waals surface area contributed by atoms with Crippen molar-refractivity contribution >= 4 is 52.8 Å². The number of hydrogen-bond acceptors (Lipinski definition) is 9. The van der Waals surface area contributed by atoms with Crippen LogP contribution in [0.2, 0.25) is 0 Å². The highest BCUT2D eigenvalue weighted by molar-refractivity contribution is 7.80. The zero-order valence-electron chi connectivity index (χ0n) is 28.5. The van der Waals surface area contributed by atoms with Gasteiger partial charge in [-0.05, 0) is 75.5 Å². The lowest BCUT2D eigenvalue weighted by molar-refractivity contribution is -0.142. The topological polar surface area (TPSA) is 239 Å². The van der Waals surface area contributed by atoms with Crippen molar-refractivity contribution < 1.29 is 34.5 Å². The fourth-order valence-corrected chi connectivity index (χ4v) is 5.68. The maximum absolute atomic E-state index is 12.5. The normalized spacial score (nSPS) is 17.4. The molecule has 1 aliphatic heterocycles. The molecule has 1 aromatic carbocycles. The molecule has 1 amide bonds. The number of aliphatic imine (C=N–C) groups is 1. The van der Waals surface area contributed by atoms with Crippen molar-refractivity contribution in [3.05, 3.63) is 29.8 Å². The van der Waals surface area contributed by atoms with Crippen LogP contribution < -0.4 is 27.4 Å². The number of guanidine groups is 1. The van der Waals surface area contributed by atoms with Gasteiger partial charge < -0.3 is 47.6 Å². The minimum Gasteiger partial charge on any atom is -0.480 e. The second-order valence-electron chi connectivity index (χ2n) is 12.5. The first-order valence-electron chi connectivity index (χ1n) is 16.5. The van der Waals surface area contributed by atoms with E-state index in [9.17, 15) is 34.5 Å². The average Bonchev–Trinajstić information content (AvgIpc) is 3.08. The minimum absolute atomic E-state index is 0.00553. The van der Waals surface area contributed by atoms with Crippen molar-refractivity contribution in [2.45, 2.75) is 57.5 Å². The third-order valence-corrected chi connectivity index (χ3v) is 8.60. The van der Waals surface area contributed by atoms with Crippen LogP contribution in [0.3, 0.4) is 0 Å². The molecule has 0 aliphatic carbocycles. The molecule has 1 aliphatic rings. The highest BCUT2D eigenvalue weighted by Crippen LogP contribution is 2.16. The standard InChI is InChI=1S/C32H53N9O7S/c1-22(6-5-13-35-31(33)34)29(46)38-26(30(47)48)7-3-4-12-36-32(49)37-24-10-8-23(9-11-24)18-25-19-41(21-28(44)45)17-16-40(20-27(42)43)15-14-39(25)2/h8-11,22,25-26H,3-7,12-21H2,1-2H3,(H,38,46)(H,42,43)(H,44,45)(H,47,48)(H4,33,34,35)(H2,36,37,49)/t22-,25?,26-/m0/s1. The van der Waals surface area contributed by atoms with Gasteiger partial charge in [-0.2, -0.15) is 0 Å². The summed E-state index contributed by atoms with van der Waals surface area (Å²) in [5.74, 6) is -3.59. The fourth-order valence-electron chi connectivity index (χ4n) is 5.46. The second-order valence-corrected chi connectivity index (χ2v) is 12.9. The van der Waals surface area contributed by atoms with Crippen LogP contribution in [-0.4, -0.2) is 143 Å². The Balaban J connectivity index is 1.80. The molecule has 49 heavy (non-hydrogen) atoms. The van der Waals surface area contributed by atoms with E-state index in [4.69, 9.17) is 23.7 Å². The van der Waals surface area contributed by atoms with Crippen LogP contribution in [0.15, 0.2) is 29.3 Å².